The van der Waals surface area contributed by atoms with Gasteiger partial charge in [0.05, 0.1) is 5.75 Å². The quantitative estimate of drug-likeness (QED) is 0.737. The lowest BCUT2D eigenvalue weighted by Gasteiger charge is -2.34. The van der Waals surface area contributed by atoms with Crippen molar-refractivity contribution in [1.82, 2.24) is 9.21 Å². The number of sulfonamides is 1. The molecule has 2 aromatic carbocycles. The summed E-state index contributed by atoms with van der Waals surface area (Å²) >= 11 is 1.63. The topological polar surface area (TPSA) is 57.7 Å². The third kappa shape index (κ3) is 4.47. The van der Waals surface area contributed by atoms with Crippen molar-refractivity contribution in [3.05, 3.63) is 65.7 Å². The van der Waals surface area contributed by atoms with E-state index in [4.69, 9.17) is 0 Å². The molecular formula is C19H22N2O3S2. The van der Waals surface area contributed by atoms with Crippen LogP contribution in [0.25, 0.3) is 0 Å². The second-order valence-electron chi connectivity index (χ2n) is 6.16. The van der Waals surface area contributed by atoms with E-state index in [9.17, 15) is 13.2 Å². The van der Waals surface area contributed by atoms with E-state index in [0.717, 1.165) is 10.5 Å². The summed E-state index contributed by atoms with van der Waals surface area (Å²) in [6, 6.07) is 16.7. The summed E-state index contributed by atoms with van der Waals surface area (Å²) in [5, 5.41) is 0. The van der Waals surface area contributed by atoms with Gasteiger partial charge in [-0.15, -0.1) is 11.8 Å². The van der Waals surface area contributed by atoms with Crippen LogP contribution in [0.15, 0.2) is 59.5 Å². The van der Waals surface area contributed by atoms with E-state index < -0.39 is 10.0 Å². The molecule has 0 aliphatic carbocycles. The van der Waals surface area contributed by atoms with E-state index >= 15 is 0 Å². The number of hydrogen-bond acceptors (Lipinski definition) is 4. The lowest BCUT2D eigenvalue weighted by Crippen LogP contribution is -2.50. The molecular weight excluding hydrogens is 368 g/mol. The first-order valence-electron chi connectivity index (χ1n) is 8.45. The van der Waals surface area contributed by atoms with Crippen LogP contribution in [0.1, 0.15) is 15.9 Å². The normalized spacial score (nSPS) is 15.8. The Morgan fingerprint density at radius 3 is 2.15 bits per heavy atom. The van der Waals surface area contributed by atoms with Crippen molar-refractivity contribution in [2.24, 2.45) is 0 Å². The molecule has 138 valence electrons. The minimum atomic E-state index is -3.37. The Morgan fingerprint density at radius 1 is 0.962 bits per heavy atom. The van der Waals surface area contributed by atoms with E-state index in [-0.39, 0.29) is 11.7 Å². The Labute approximate surface area is 159 Å². The fraction of sp³-hybridized carbons (Fsp3) is 0.316. The molecule has 0 radical (unpaired) electrons. The van der Waals surface area contributed by atoms with Gasteiger partial charge < -0.3 is 4.90 Å². The summed E-state index contributed by atoms with van der Waals surface area (Å²) in [6.07, 6.45) is 1.99. The maximum absolute atomic E-state index is 12.6. The Balaban J connectivity index is 1.60. The predicted octanol–water partition coefficient (Wildman–Crippen LogP) is 2.70. The number of nitrogens with zero attached hydrogens (tertiary/aromatic N) is 2. The van der Waals surface area contributed by atoms with Gasteiger partial charge in [0.1, 0.15) is 0 Å². The summed E-state index contributed by atoms with van der Waals surface area (Å²) in [7, 11) is -3.37. The standard InChI is InChI=1S/C19H22N2O3S2/c1-25-18-9-7-17(8-10-18)19(22)20-11-13-21(14-12-20)26(23,24)15-16-5-3-2-4-6-16/h2-10H,11-15H2,1H3. The van der Waals surface area contributed by atoms with Gasteiger partial charge in [0.15, 0.2) is 0 Å². The Morgan fingerprint density at radius 2 is 1.58 bits per heavy atom. The fourth-order valence-corrected chi connectivity index (χ4v) is 4.89. The first-order chi connectivity index (χ1) is 12.5. The van der Waals surface area contributed by atoms with Crippen LogP contribution in [0.4, 0.5) is 0 Å². The highest BCUT2D eigenvalue weighted by atomic mass is 32.2. The average molecular weight is 391 g/mol. The second-order valence-corrected chi connectivity index (χ2v) is 9.01. The van der Waals surface area contributed by atoms with Crippen molar-refractivity contribution in [1.29, 1.82) is 0 Å². The number of carbonyl (C=O) groups is 1. The van der Waals surface area contributed by atoms with E-state index in [1.165, 1.54) is 4.31 Å². The van der Waals surface area contributed by atoms with Gasteiger partial charge in [-0.3, -0.25) is 4.79 Å². The van der Waals surface area contributed by atoms with E-state index in [0.29, 0.717) is 31.7 Å². The van der Waals surface area contributed by atoms with Crippen molar-refractivity contribution >= 4 is 27.7 Å². The molecule has 0 aromatic heterocycles. The van der Waals surface area contributed by atoms with Crippen LogP contribution in [-0.4, -0.2) is 56.0 Å². The monoisotopic (exact) mass is 390 g/mol. The van der Waals surface area contributed by atoms with Crippen LogP contribution >= 0.6 is 11.8 Å². The molecule has 2 aromatic rings. The minimum Gasteiger partial charge on any atom is -0.336 e. The molecule has 0 spiro atoms. The van der Waals surface area contributed by atoms with Crippen LogP contribution < -0.4 is 0 Å². The van der Waals surface area contributed by atoms with Gasteiger partial charge >= 0.3 is 0 Å². The molecule has 1 heterocycles. The lowest BCUT2D eigenvalue weighted by atomic mass is 10.2. The Bertz CT molecular complexity index is 844. The smallest absolute Gasteiger partial charge is 0.253 e. The molecule has 0 bridgehead atoms. The van der Waals surface area contributed by atoms with Crippen LogP contribution in [0.5, 0.6) is 0 Å². The molecule has 1 aliphatic heterocycles. The number of thioether (sulfide) groups is 1. The zero-order valence-electron chi connectivity index (χ0n) is 14.7. The third-order valence-electron chi connectivity index (χ3n) is 4.45. The van der Waals surface area contributed by atoms with Crippen LogP contribution in [0.2, 0.25) is 0 Å². The Kier molecular flexibility index (Phi) is 6.01. The largest absolute Gasteiger partial charge is 0.336 e. The minimum absolute atomic E-state index is 0.00205. The summed E-state index contributed by atoms with van der Waals surface area (Å²) in [6.45, 7) is 1.50. The van der Waals surface area contributed by atoms with Gasteiger partial charge in [-0.1, -0.05) is 30.3 Å². The zero-order chi connectivity index (χ0) is 18.6. The zero-order valence-corrected chi connectivity index (χ0v) is 16.3. The number of benzene rings is 2. The molecule has 1 amide bonds. The highest BCUT2D eigenvalue weighted by Crippen LogP contribution is 2.18. The molecule has 0 unspecified atom stereocenters. The van der Waals surface area contributed by atoms with Gasteiger partial charge in [-0.2, -0.15) is 4.31 Å². The van der Waals surface area contributed by atoms with Crippen molar-refractivity contribution < 1.29 is 13.2 Å². The first-order valence-corrected chi connectivity index (χ1v) is 11.3. The molecule has 3 rings (SSSR count). The van der Waals surface area contributed by atoms with Gasteiger partial charge in [0.25, 0.3) is 5.91 Å². The first kappa shape index (κ1) is 18.9. The highest BCUT2D eigenvalue weighted by molar-refractivity contribution is 7.98. The van der Waals surface area contributed by atoms with Crippen LogP contribution in [0, 0.1) is 0 Å². The maximum Gasteiger partial charge on any atom is 0.253 e. The lowest BCUT2D eigenvalue weighted by molar-refractivity contribution is 0.0697. The van der Waals surface area contributed by atoms with Gasteiger partial charge in [0.2, 0.25) is 10.0 Å². The molecule has 1 fully saturated rings. The van der Waals surface area contributed by atoms with Gasteiger partial charge in [0, 0.05) is 36.6 Å². The molecule has 0 atom stereocenters. The van der Waals surface area contributed by atoms with Gasteiger partial charge in [-0.05, 0) is 36.1 Å². The predicted molar refractivity (Wildman–Crippen MR) is 105 cm³/mol. The highest BCUT2D eigenvalue weighted by Gasteiger charge is 2.29. The van der Waals surface area contributed by atoms with E-state index in [1.54, 1.807) is 16.7 Å². The number of carbonyl (C=O) groups excluding carboxylic acids is 1. The average Bonchev–Trinajstić information content (AvgIpc) is 2.68. The second kappa shape index (κ2) is 8.24. The van der Waals surface area contributed by atoms with E-state index in [2.05, 4.69) is 0 Å². The number of amides is 1. The van der Waals surface area contributed by atoms with Crippen molar-refractivity contribution in [3.63, 3.8) is 0 Å². The van der Waals surface area contributed by atoms with Crippen molar-refractivity contribution in [3.8, 4) is 0 Å². The number of hydrogen-bond donors (Lipinski definition) is 0. The molecule has 1 saturated heterocycles. The summed E-state index contributed by atoms with van der Waals surface area (Å²) in [4.78, 5) is 15.4. The molecule has 5 nitrogen and oxygen atoms in total. The summed E-state index contributed by atoms with van der Waals surface area (Å²) < 4.78 is 26.7. The number of rotatable bonds is 5. The molecule has 1 aliphatic rings. The summed E-state index contributed by atoms with van der Waals surface area (Å²) in [5.74, 6) is -0.0458. The SMILES string of the molecule is CSc1ccc(C(=O)N2CCN(S(=O)(=O)Cc3ccccc3)CC2)cc1. The molecule has 26 heavy (non-hydrogen) atoms. The van der Waals surface area contributed by atoms with E-state index in [1.807, 2.05) is 60.9 Å². The molecule has 0 N–H and O–H groups in total. The Hall–Kier alpha value is -1.83. The van der Waals surface area contributed by atoms with Crippen molar-refractivity contribution in [2.75, 3.05) is 32.4 Å². The third-order valence-corrected chi connectivity index (χ3v) is 7.04. The molecule has 0 saturated carbocycles. The fourth-order valence-electron chi connectivity index (χ4n) is 2.96. The molecule has 7 heteroatoms. The summed E-state index contributed by atoms with van der Waals surface area (Å²) in [5.41, 5.74) is 1.42. The van der Waals surface area contributed by atoms with Crippen LogP contribution in [-0.2, 0) is 15.8 Å². The van der Waals surface area contributed by atoms with Gasteiger partial charge in [-0.25, -0.2) is 8.42 Å². The maximum atomic E-state index is 12.6. The van der Waals surface area contributed by atoms with Crippen LogP contribution in [0.3, 0.4) is 0 Å². The van der Waals surface area contributed by atoms with Crippen molar-refractivity contribution in [2.45, 2.75) is 10.6 Å². The number of piperazine rings is 1.